The first-order valence-electron chi connectivity index (χ1n) is 9.21. The Balaban J connectivity index is 1.42. The van der Waals surface area contributed by atoms with E-state index in [0.29, 0.717) is 24.6 Å². The van der Waals surface area contributed by atoms with Crippen molar-refractivity contribution in [1.82, 2.24) is 14.5 Å². The second-order valence-electron chi connectivity index (χ2n) is 7.47. The molecule has 0 radical (unpaired) electrons. The number of imidazole rings is 1. The number of carbonyl (C=O) groups is 1. The molecule has 0 bridgehead atoms. The molecule has 1 amide bonds. The van der Waals surface area contributed by atoms with Crippen molar-refractivity contribution in [3.63, 3.8) is 0 Å². The van der Waals surface area contributed by atoms with Crippen LogP contribution >= 0.6 is 0 Å². The molecule has 2 fully saturated rings. The Labute approximate surface area is 148 Å². The normalized spacial score (nSPS) is 18.5. The van der Waals surface area contributed by atoms with Crippen LogP contribution in [0.5, 0.6) is 5.75 Å². The summed E-state index contributed by atoms with van der Waals surface area (Å²) >= 11 is 0. The maximum absolute atomic E-state index is 12.7. The first-order chi connectivity index (χ1) is 12.1. The Kier molecular flexibility index (Phi) is 4.24. The number of aryl methyl sites for hydroxylation is 1. The number of benzene rings is 1. The van der Waals surface area contributed by atoms with Crippen molar-refractivity contribution in [2.24, 2.45) is 5.92 Å². The molecule has 1 saturated heterocycles. The molecule has 2 aliphatic rings. The predicted octanol–water partition coefficient (Wildman–Crippen LogP) is 3.33. The Morgan fingerprint density at radius 3 is 2.72 bits per heavy atom. The fourth-order valence-corrected chi connectivity index (χ4v) is 3.75. The van der Waals surface area contributed by atoms with Gasteiger partial charge in [0.1, 0.15) is 11.6 Å². The third-order valence-corrected chi connectivity index (χ3v) is 5.43. The van der Waals surface area contributed by atoms with Gasteiger partial charge >= 0.3 is 0 Å². The Hall–Kier alpha value is -2.30. The van der Waals surface area contributed by atoms with Crippen LogP contribution in [0.3, 0.4) is 0 Å². The molecule has 1 saturated carbocycles. The molecule has 132 valence electrons. The number of carbonyl (C=O) groups excluding carboxylic acids is 1. The molecule has 1 aliphatic heterocycles. The number of hydrogen-bond acceptors (Lipinski definition) is 3. The average Bonchev–Trinajstić information content (AvgIpc) is 3.32. The third kappa shape index (κ3) is 3.41. The standard InChI is InChI=1S/C20H25N3O2/c1-14-2-5-18(24)17(12-14)20(25)22-9-6-16(7-10-22)19-21-8-11-23(19)13-15-3-4-15/h2,5,8,11-12,15-16,24H,3-4,6-7,9-10,13H2,1H3. The van der Waals surface area contributed by atoms with Crippen LogP contribution in [0.1, 0.15) is 53.3 Å². The predicted molar refractivity (Wildman–Crippen MR) is 95.7 cm³/mol. The lowest BCUT2D eigenvalue weighted by Gasteiger charge is -2.32. The average molecular weight is 339 g/mol. The van der Waals surface area contributed by atoms with Crippen molar-refractivity contribution in [3.8, 4) is 5.75 Å². The van der Waals surface area contributed by atoms with Crippen LogP contribution in [0, 0.1) is 12.8 Å². The number of amides is 1. The Morgan fingerprint density at radius 2 is 2.00 bits per heavy atom. The SMILES string of the molecule is Cc1ccc(O)c(C(=O)N2CCC(c3nccn3CC3CC3)CC2)c1. The molecule has 5 nitrogen and oxygen atoms in total. The highest BCUT2D eigenvalue weighted by Gasteiger charge is 2.29. The summed E-state index contributed by atoms with van der Waals surface area (Å²) in [6.07, 6.45) is 8.53. The maximum atomic E-state index is 12.7. The van der Waals surface area contributed by atoms with Gasteiger partial charge in [0.2, 0.25) is 0 Å². The van der Waals surface area contributed by atoms with Crippen LogP contribution in [0.2, 0.25) is 0 Å². The molecule has 2 aromatic rings. The lowest BCUT2D eigenvalue weighted by molar-refractivity contribution is 0.0707. The first-order valence-corrected chi connectivity index (χ1v) is 9.21. The molecular weight excluding hydrogens is 314 g/mol. The molecule has 0 unspecified atom stereocenters. The van der Waals surface area contributed by atoms with E-state index in [0.717, 1.165) is 30.9 Å². The molecule has 0 spiro atoms. The van der Waals surface area contributed by atoms with Crippen molar-refractivity contribution < 1.29 is 9.90 Å². The minimum absolute atomic E-state index is 0.0673. The highest BCUT2D eigenvalue weighted by molar-refractivity contribution is 5.97. The Morgan fingerprint density at radius 1 is 1.24 bits per heavy atom. The molecule has 25 heavy (non-hydrogen) atoms. The van der Waals surface area contributed by atoms with Crippen molar-refractivity contribution in [2.45, 2.75) is 45.1 Å². The van der Waals surface area contributed by atoms with E-state index < -0.39 is 0 Å². The summed E-state index contributed by atoms with van der Waals surface area (Å²) in [5.41, 5.74) is 1.40. The van der Waals surface area contributed by atoms with Crippen LogP contribution in [0.25, 0.3) is 0 Å². The van der Waals surface area contributed by atoms with Gasteiger partial charge in [-0.3, -0.25) is 4.79 Å². The summed E-state index contributed by atoms with van der Waals surface area (Å²) in [7, 11) is 0. The maximum Gasteiger partial charge on any atom is 0.257 e. The minimum atomic E-state index is -0.0685. The number of aromatic nitrogens is 2. The number of hydrogen-bond donors (Lipinski definition) is 1. The lowest BCUT2D eigenvalue weighted by atomic mass is 9.95. The number of piperidine rings is 1. The Bertz CT molecular complexity index is 771. The van der Waals surface area contributed by atoms with Gasteiger partial charge in [-0.15, -0.1) is 0 Å². The zero-order valence-electron chi connectivity index (χ0n) is 14.7. The molecular formula is C20H25N3O2. The highest BCUT2D eigenvalue weighted by atomic mass is 16.3. The number of likely N-dealkylation sites (tertiary alicyclic amines) is 1. The minimum Gasteiger partial charge on any atom is -0.507 e. The van der Waals surface area contributed by atoms with Gasteiger partial charge < -0.3 is 14.6 Å². The van der Waals surface area contributed by atoms with Gasteiger partial charge in [0.05, 0.1) is 5.56 Å². The van der Waals surface area contributed by atoms with Gasteiger partial charge in [-0.05, 0) is 50.7 Å². The number of phenols is 1. The first kappa shape index (κ1) is 16.2. The zero-order chi connectivity index (χ0) is 17.4. The second kappa shape index (κ2) is 6.54. The zero-order valence-corrected chi connectivity index (χ0v) is 14.7. The van der Waals surface area contributed by atoms with E-state index in [1.807, 2.05) is 24.1 Å². The number of rotatable bonds is 4. The van der Waals surface area contributed by atoms with Crippen LogP contribution in [-0.2, 0) is 6.54 Å². The van der Waals surface area contributed by atoms with Crippen molar-refractivity contribution in [1.29, 1.82) is 0 Å². The van der Waals surface area contributed by atoms with Gasteiger partial charge in [-0.25, -0.2) is 4.98 Å². The van der Waals surface area contributed by atoms with Crippen molar-refractivity contribution >= 4 is 5.91 Å². The molecule has 1 aliphatic carbocycles. The van der Waals surface area contributed by atoms with Gasteiger partial charge in [0.25, 0.3) is 5.91 Å². The molecule has 1 aromatic heterocycles. The molecule has 1 N–H and O–H groups in total. The molecule has 2 heterocycles. The van der Waals surface area contributed by atoms with Gasteiger partial charge in [0, 0.05) is 37.9 Å². The van der Waals surface area contributed by atoms with Crippen LogP contribution in [0.4, 0.5) is 0 Å². The van der Waals surface area contributed by atoms with Gasteiger partial charge in [-0.2, -0.15) is 0 Å². The number of aromatic hydroxyl groups is 1. The van der Waals surface area contributed by atoms with E-state index in [4.69, 9.17) is 0 Å². The second-order valence-corrected chi connectivity index (χ2v) is 7.47. The van der Waals surface area contributed by atoms with Crippen molar-refractivity contribution in [3.05, 3.63) is 47.5 Å². The summed E-state index contributed by atoms with van der Waals surface area (Å²) in [4.78, 5) is 19.2. The summed E-state index contributed by atoms with van der Waals surface area (Å²) in [6, 6.07) is 5.19. The molecule has 4 rings (SSSR count). The van der Waals surface area contributed by atoms with Gasteiger partial charge in [-0.1, -0.05) is 11.6 Å². The number of phenolic OH excluding ortho intramolecular Hbond substituents is 1. The third-order valence-electron chi connectivity index (χ3n) is 5.43. The van der Waals surface area contributed by atoms with Crippen LogP contribution < -0.4 is 0 Å². The van der Waals surface area contributed by atoms with Crippen molar-refractivity contribution in [2.75, 3.05) is 13.1 Å². The van der Waals surface area contributed by atoms with E-state index in [2.05, 4.69) is 15.7 Å². The highest BCUT2D eigenvalue weighted by Crippen LogP contribution is 2.34. The fraction of sp³-hybridized carbons (Fsp3) is 0.500. The quantitative estimate of drug-likeness (QED) is 0.929. The van der Waals surface area contributed by atoms with E-state index in [1.54, 1.807) is 12.1 Å². The topological polar surface area (TPSA) is 58.4 Å². The number of nitrogens with zero attached hydrogens (tertiary/aromatic N) is 3. The van der Waals surface area contributed by atoms with E-state index >= 15 is 0 Å². The van der Waals surface area contributed by atoms with E-state index in [-0.39, 0.29) is 11.7 Å². The largest absolute Gasteiger partial charge is 0.507 e. The van der Waals surface area contributed by atoms with E-state index in [1.165, 1.54) is 18.7 Å². The summed E-state index contributed by atoms with van der Waals surface area (Å²) in [6.45, 7) is 4.45. The monoisotopic (exact) mass is 339 g/mol. The molecule has 5 heteroatoms. The molecule has 1 aromatic carbocycles. The summed E-state index contributed by atoms with van der Waals surface area (Å²) in [5.74, 6) is 2.43. The summed E-state index contributed by atoms with van der Waals surface area (Å²) < 4.78 is 2.31. The van der Waals surface area contributed by atoms with Crippen LogP contribution in [-0.4, -0.2) is 38.6 Å². The summed E-state index contributed by atoms with van der Waals surface area (Å²) in [5, 5.41) is 10.0. The molecule has 0 atom stereocenters. The smallest absolute Gasteiger partial charge is 0.257 e. The fourth-order valence-electron chi connectivity index (χ4n) is 3.75. The van der Waals surface area contributed by atoms with Crippen LogP contribution in [0.15, 0.2) is 30.6 Å². The lowest BCUT2D eigenvalue weighted by Crippen LogP contribution is -2.38. The van der Waals surface area contributed by atoms with E-state index in [9.17, 15) is 9.90 Å². The van der Waals surface area contributed by atoms with Gasteiger partial charge in [0.15, 0.2) is 0 Å².